The van der Waals surface area contributed by atoms with Gasteiger partial charge in [0.05, 0.1) is 5.56 Å². The van der Waals surface area contributed by atoms with Gasteiger partial charge in [-0.1, -0.05) is 42.5 Å². The van der Waals surface area contributed by atoms with Crippen molar-refractivity contribution in [3.8, 4) is 6.07 Å². The van der Waals surface area contributed by atoms with Crippen molar-refractivity contribution in [2.75, 3.05) is 5.32 Å². The number of carboxylic acids is 1. The minimum absolute atomic E-state index is 0.238. The third-order valence-corrected chi connectivity index (χ3v) is 6.30. The lowest BCUT2D eigenvalue weighted by atomic mass is 9.96. The average molecular weight is 402 g/mol. The van der Waals surface area contributed by atoms with Crippen molar-refractivity contribution >= 4 is 38.9 Å². The normalized spacial score (nSPS) is 13.6. The summed E-state index contributed by atoms with van der Waals surface area (Å²) in [7, 11) is 0. The SMILES string of the molecule is N#Cc1c(NC(=CC(=O)c2cccc3ccccc23)C(=O)O)sc2c1CCCC2. The van der Waals surface area contributed by atoms with Gasteiger partial charge in [-0.25, -0.2) is 4.79 Å². The number of aryl methyl sites for hydroxylation is 1. The van der Waals surface area contributed by atoms with Crippen LogP contribution in [0.2, 0.25) is 0 Å². The topological polar surface area (TPSA) is 90.2 Å². The van der Waals surface area contributed by atoms with Crippen LogP contribution < -0.4 is 5.32 Å². The van der Waals surface area contributed by atoms with Crippen molar-refractivity contribution in [1.82, 2.24) is 0 Å². The van der Waals surface area contributed by atoms with E-state index in [2.05, 4.69) is 11.4 Å². The predicted octanol–water partition coefficient (Wildman–Crippen LogP) is 4.92. The number of hydrogen-bond donors (Lipinski definition) is 2. The largest absolute Gasteiger partial charge is 0.477 e. The molecule has 0 amide bonds. The summed E-state index contributed by atoms with van der Waals surface area (Å²) in [5, 5.41) is 24.2. The molecule has 0 unspecified atom stereocenters. The van der Waals surface area contributed by atoms with Gasteiger partial charge in [0.2, 0.25) is 0 Å². The molecule has 144 valence electrons. The van der Waals surface area contributed by atoms with Gasteiger partial charge in [-0.2, -0.15) is 5.26 Å². The Morgan fingerprint density at radius 2 is 1.86 bits per heavy atom. The molecule has 0 atom stereocenters. The van der Waals surface area contributed by atoms with Crippen molar-refractivity contribution in [2.24, 2.45) is 0 Å². The Labute approximate surface area is 171 Å². The molecule has 29 heavy (non-hydrogen) atoms. The number of carbonyl (C=O) groups is 2. The Hall–Kier alpha value is -3.43. The Balaban J connectivity index is 1.71. The van der Waals surface area contributed by atoms with E-state index in [1.165, 1.54) is 11.3 Å². The molecule has 1 aliphatic rings. The molecule has 0 saturated heterocycles. The molecule has 5 nitrogen and oxygen atoms in total. The second kappa shape index (κ2) is 7.90. The molecule has 6 heteroatoms. The van der Waals surface area contributed by atoms with Gasteiger partial charge in [0, 0.05) is 16.5 Å². The zero-order valence-corrected chi connectivity index (χ0v) is 16.4. The number of anilines is 1. The summed E-state index contributed by atoms with van der Waals surface area (Å²) in [5.74, 6) is -1.64. The van der Waals surface area contributed by atoms with Gasteiger partial charge in [-0.15, -0.1) is 11.3 Å². The van der Waals surface area contributed by atoms with Gasteiger partial charge in [0.15, 0.2) is 5.78 Å². The highest BCUT2D eigenvalue weighted by Gasteiger charge is 2.23. The quantitative estimate of drug-likeness (QED) is 0.467. The molecule has 0 saturated carbocycles. The van der Waals surface area contributed by atoms with Crippen LogP contribution >= 0.6 is 11.3 Å². The Morgan fingerprint density at radius 3 is 2.66 bits per heavy atom. The van der Waals surface area contributed by atoms with E-state index in [0.29, 0.717) is 16.1 Å². The van der Waals surface area contributed by atoms with E-state index in [-0.39, 0.29) is 5.70 Å². The van der Waals surface area contributed by atoms with Crippen molar-refractivity contribution in [3.63, 3.8) is 0 Å². The maximum absolute atomic E-state index is 12.9. The smallest absolute Gasteiger partial charge is 0.352 e. The molecular formula is C23H18N2O3S. The summed E-state index contributed by atoms with van der Waals surface area (Å²) in [6, 6.07) is 15.0. The van der Waals surface area contributed by atoms with E-state index in [4.69, 9.17) is 0 Å². The molecule has 0 radical (unpaired) electrons. The minimum atomic E-state index is -1.24. The number of rotatable bonds is 5. The van der Waals surface area contributed by atoms with Gasteiger partial charge in [0.1, 0.15) is 16.8 Å². The van der Waals surface area contributed by atoms with Gasteiger partial charge in [0.25, 0.3) is 0 Å². The zero-order chi connectivity index (χ0) is 20.4. The highest BCUT2D eigenvalue weighted by atomic mass is 32.1. The first-order valence-corrected chi connectivity index (χ1v) is 10.2. The van der Waals surface area contributed by atoms with Crippen molar-refractivity contribution in [2.45, 2.75) is 25.7 Å². The van der Waals surface area contributed by atoms with E-state index < -0.39 is 11.8 Å². The number of hydrogen-bond acceptors (Lipinski definition) is 5. The summed E-state index contributed by atoms with van der Waals surface area (Å²) in [6.07, 6.45) is 4.93. The molecule has 2 N–H and O–H groups in total. The first-order valence-electron chi connectivity index (χ1n) is 9.37. The molecule has 3 aromatic rings. The highest BCUT2D eigenvalue weighted by molar-refractivity contribution is 7.16. The number of allylic oxidation sites excluding steroid dienone is 1. The molecule has 2 aromatic carbocycles. The van der Waals surface area contributed by atoms with E-state index in [1.54, 1.807) is 12.1 Å². The molecule has 1 aliphatic carbocycles. The van der Waals surface area contributed by atoms with Crippen LogP contribution in [0.5, 0.6) is 0 Å². The average Bonchev–Trinajstić information content (AvgIpc) is 3.09. The molecule has 1 aromatic heterocycles. The third kappa shape index (κ3) is 3.65. The summed E-state index contributed by atoms with van der Waals surface area (Å²) < 4.78 is 0. The van der Waals surface area contributed by atoms with E-state index in [9.17, 15) is 20.0 Å². The van der Waals surface area contributed by atoms with Crippen molar-refractivity contribution in [3.05, 3.63) is 75.8 Å². The number of aliphatic carboxylic acids is 1. The lowest BCUT2D eigenvalue weighted by molar-refractivity contribution is -0.132. The number of thiophene rings is 1. The Morgan fingerprint density at radius 1 is 1.10 bits per heavy atom. The number of fused-ring (bicyclic) bond motifs is 2. The van der Waals surface area contributed by atoms with Crippen LogP contribution in [-0.2, 0) is 17.6 Å². The highest BCUT2D eigenvalue weighted by Crippen LogP contribution is 2.38. The number of nitriles is 1. The van der Waals surface area contributed by atoms with Gasteiger partial charge in [-0.3, -0.25) is 4.79 Å². The lowest BCUT2D eigenvalue weighted by Gasteiger charge is -2.09. The number of nitrogens with one attached hydrogen (secondary N) is 1. The number of nitrogens with zero attached hydrogens (tertiary/aromatic N) is 1. The standard InChI is InChI=1S/C23H18N2O3S/c24-13-18-17-9-3-4-11-21(17)29-22(18)25-19(23(27)28)12-20(26)16-10-5-7-14-6-1-2-8-15(14)16/h1-2,5-8,10,12,25H,3-4,9,11H2,(H,27,28). The lowest BCUT2D eigenvalue weighted by Crippen LogP contribution is -2.13. The number of carbonyl (C=O) groups excluding carboxylic acids is 1. The Kier molecular flexibility index (Phi) is 5.15. The van der Waals surface area contributed by atoms with Crippen LogP contribution in [0.25, 0.3) is 10.8 Å². The fraction of sp³-hybridized carbons (Fsp3) is 0.174. The number of benzene rings is 2. The van der Waals surface area contributed by atoms with E-state index in [1.807, 2.05) is 30.3 Å². The van der Waals surface area contributed by atoms with Crippen LogP contribution in [0.1, 0.15) is 39.2 Å². The van der Waals surface area contributed by atoms with Gasteiger partial charge >= 0.3 is 5.97 Å². The van der Waals surface area contributed by atoms with Crippen LogP contribution in [0.15, 0.2) is 54.2 Å². The van der Waals surface area contributed by atoms with E-state index in [0.717, 1.165) is 53.0 Å². The van der Waals surface area contributed by atoms with Crippen molar-refractivity contribution < 1.29 is 14.7 Å². The molecule has 0 spiro atoms. The zero-order valence-electron chi connectivity index (χ0n) is 15.6. The fourth-order valence-electron chi connectivity index (χ4n) is 3.69. The second-order valence-corrected chi connectivity index (χ2v) is 8.01. The van der Waals surface area contributed by atoms with Crippen LogP contribution in [0, 0.1) is 11.3 Å². The third-order valence-electron chi connectivity index (χ3n) is 5.09. The first-order chi connectivity index (χ1) is 14.1. The summed E-state index contributed by atoms with van der Waals surface area (Å²) in [4.78, 5) is 25.8. The predicted molar refractivity (Wildman–Crippen MR) is 113 cm³/mol. The van der Waals surface area contributed by atoms with Crippen LogP contribution in [-0.4, -0.2) is 16.9 Å². The summed E-state index contributed by atoms with van der Waals surface area (Å²) in [5.41, 5.74) is 1.71. The Bertz CT molecular complexity index is 1200. The molecule has 0 fully saturated rings. The van der Waals surface area contributed by atoms with Crippen molar-refractivity contribution in [1.29, 1.82) is 5.26 Å². The van der Waals surface area contributed by atoms with Crippen LogP contribution in [0.3, 0.4) is 0 Å². The molecule has 0 bridgehead atoms. The minimum Gasteiger partial charge on any atom is -0.477 e. The number of ketones is 1. The molecule has 4 rings (SSSR count). The fourth-order valence-corrected chi connectivity index (χ4v) is 4.95. The maximum Gasteiger partial charge on any atom is 0.352 e. The van der Waals surface area contributed by atoms with Gasteiger partial charge < -0.3 is 10.4 Å². The summed E-state index contributed by atoms with van der Waals surface area (Å²) in [6.45, 7) is 0. The van der Waals surface area contributed by atoms with Crippen LogP contribution in [0.4, 0.5) is 5.00 Å². The molecule has 0 aliphatic heterocycles. The summed E-state index contributed by atoms with van der Waals surface area (Å²) >= 11 is 1.41. The van der Waals surface area contributed by atoms with E-state index >= 15 is 0 Å². The first kappa shape index (κ1) is 18.9. The molecular weight excluding hydrogens is 384 g/mol. The number of carboxylic acid groups (broad SMARTS) is 1. The maximum atomic E-state index is 12.9. The molecule has 1 heterocycles. The monoisotopic (exact) mass is 402 g/mol. The van der Waals surface area contributed by atoms with Gasteiger partial charge in [-0.05, 0) is 42.0 Å². The second-order valence-electron chi connectivity index (χ2n) is 6.91.